The van der Waals surface area contributed by atoms with Gasteiger partial charge in [-0.2, -0.15) is 17.0 Å². The zero-order valence-corrected chi connectivity index (χ0v) is 12.5. The third kappa shape index (κ3) is 2.97. The lowest BCUT2D eigenvalue weighted by Gasteiger charge is -2.21. The summed E-state index contributed by atoms with van der Waals surface area (Å²) in [6.45, 7) is 3.69. The van der Waals surface area contributed by atoms with Crippen LogP contribution in [0.15, 0.2) is 24.3 Å². The lowest BCUT2D eigenvalue weighted by molar-refractivity contribution is -0.131. The van der Waals surface area contributed by atoms with Crippen LogP contribution in [-0.4, -0.2) is 28.1 Å². The molecule has 0 aromatic heterocycles. The van der Waals surface area contributed by atoms with Gasteiger partial charge in [0.05, 0.1) is 11.5 Å². The molecule has 1 atom stereocenters. The summed E-state index contributed by atoms with van der Waals surface area (Å²) in [5.74, 6) is 0.896. The van der Waals surface area contributed by atoms with Crippen LogP contribution >= 0.6 is 11.8 Å². The zero-order chi connectivity index (χ0) is 14.8. The van der Waals surface area contributed by atoms with Crippen molar-refractivity contribution in [1.82, 2.24) is 0 Å². The largest absolute Gasteiger partial charge is 0.379 e. The zero-order valence-electron chi connectivity index (χ0n) is 11.6. The van der Waals surface area contributed by atoms with Gasteiger partial charge in [-0.25, -0.2) is 0 Å². The molecule has 1 amide bonds. The number of benzene rings is 1. The van der Waals surface area contributed by atoms with Crippen LogP contribution in [0.1, 0.15) is 25.8 Å². The average Bonchev–Trinajstić information content (AvgIpc) is 2.88. The number of nitriles is 1. The van der Waals surface area contributed by atoms with Gasteiger partial charge in [0.1, 0.15) is 0 Å². The van der Waals surface area contributed by atoms with Crippen LogP contribution in [0.4, 0.5) is 5.69 Å². The second kappa shape index (κ2) is 5.47. The summed E-state index contributed by atoms with van der Waals surface area (Å²) < 4.78 is 0. The fourth-order valence-corrected chi connectivity index (χ4v) is 3.25. The molecule has 1 aromatic rings. The van der Waals surface area contributed by atoms with Crippen LogP contribution in [0, 0.1) is 11.3 Å². The van der Waals surface area contributed by atoms with Crippen LogP contribution in [0.2, 0.25) is 0 Å². The smallest absolute Gasteiger partial charge is 0.257 e. The number of thioether (sulfide) groups is 1. The van der Waals surface area contributed by atoms with Crippen molar-refractivity contribution < 1.29 is 9.90 Å². The maximum atomic E-state index is 12.0. The van der Waals surface area contributed by atoms with Gasteiger partial charge >= 0.3 is 0 Å². The van der Waals surface area contributed by atoms with Crippen LogP contribution in [0.5, 0.6) is 0 Å². The Labute approximate surface area is 123 Å². The van der Waals surface area contributed by atoms with Gasteiger partial charge in [-0.1, -0.05) is 12.1 Å². The molecule has 5 heteroatoms. The third-order valence-electron chi connectivity index (χ3n) is 3.57. The van der Waals surface area contributed by atoms with Gasteiger partial charge < -0.3 is 10.4 Å². The molecule has 1 heterocycles. The first-order valence-electron chi connectivity index (χ1n) is 6.51. The van der Waals surface area contributed by atoms with Gasteiger partial charge in [0.2, 0.25) is 0 Å². The highest BCUT2D eigenvalue weighted by Crippen LogP contribution is 2.29. The number of nitrogens with one attached hydrogen (secondary N) is 1. The normalized spacial score (nSPS) is 22.3. The first kappa shape index (κ1) is 14.9. The minimum Gasteiger partial charge on any atom is -0.379 e. The van der Waals surface area contributed by atoms with E-state index in [4.69, 9.17) is 5.26 Å². The topological polar surface area (TPSA) is 73.1 Å². The Morgan fingerprint density at radius 3 is 2.60 bits per heavy atom. The first-order chi connectivity index (χ1) is 9.37. The van der Waals surface area contributed by atoms with Gasteiger partial charge in [-0.05, 0) is 43.7 Å². The van der Waals surface area contributed by atoms with E-state index in [9.17, 15) is 9.90 Å². The lowest BCUT2D eigenvalue weighted by atomic mass is 9.86. The van der Waals surface area contributed by atoms with Gasteiger partial charge in [0, 0.05) is 11.4 Å². The van der Waals surface area contributed by atoms with Crippen molar-refractivity contribution in [2.24, 2.45) is 0 Å². The highest BCUT2D eigenvalue weighted by atomic mass is 32.2. The lowest BCUT2D eigenvalue weighted by Crippen LogP contribution is -2.42. The summed E-state index contributed by atoms with van der Waals surface area (Å²) in [5, 5.41) is 22.0. The van der Waals surface area contributed by atoms with E-state index < -0.39 is 11.0 Å². The summed E-state index contributed by atoms with van der Waals surface area (Å²) in [4.78, 5) is 12.0. The fraction of sp³-hybridized carbons (Fsp3) is 0.467. The van der Waals surface area contributed by atoms with Crippen molar-refractivity contribution >= 4 is 23.4 Å². The Hall–Kier alpha value is -1.51. The Bertz CT molecular complexity index is 540. The summed E-state index contributed by atoms with van der Waals surface area (Å²) in [6.07, 6.45) is 0.489. The van der Waals surface area contributed by atoms with Crippen molar-refractivity contribution in [3.05, 3.63) is 29.8 Å². The molecule has 0 radical (unpaired) electrons. The van der Waals surface area contributed by atoms with Crippen molar-refractivity contribution in [1.29, 1.82) is 5.26 Å². The van der Waals surface area contributed by atoms with Gasteiger partial charge in [0.25, 0.3) is 5.91 Å². The highest BCUT2D eigenvalue weighted by Gasteiger charge is 2.39. The van der Waals surface area contributed by atoms with Gasteiger partial charge in [-0.3, -0.25) is 4.79 Å². The number of carbonyl (C=O) groups excluding carboxylic acids is 1. The maximum Gasteiger partial charge on any atom is 0.257 e. The predicted molar refractivity (Wildman–Crippen MR) is 80.6 cm³/mol. The van der Waals surface area contributed by atoms with E-state index in [1.807, 2.05) is 26.0 Å². The van der Waals surface area contributed by atoms with E-state index in [1.165, 1.54) is 0 Å². The molecule has 1 aromatic carbocycles. The second-order valence-corrected chi connectivity index (χ2v) is 6.71. The molecule has 1 unspecified atom stereocenters. The minimum atomic E-state index is -1.25. The van der Waals surface area contributed by atoms with E-state index in [0.717, 1.165) is 11.3 Å². The van der Waals surface area contributed by atoms with E-state index in [0.29, 0.717) is 17.9 Å². The molecule has 1 saturated heterocycles. The molecule has 0 aliphatic carbocycles. The van der Waals surface area contributed by atoms with Crippen molar-refractivity contribution in [2.75, 3.05) is 16.8 Å². The molecule has 1 fully saturated rings. The van der Waals surface area contributed by atoms with E-state index in [-0.39, 0.29) is 5.91 Å². The first-order valence-corrected chi connectivity index (χ1v) is 7.66. The van der Waals surface area contributed by atoms with Gasteiger partial charge in [0.15, 0.2) is 5.60 Å². The van der Waals surface area contributed by atoms with Crippen LogP contribution < -0.4 is 5.32 Å². The summed E-state index contributed by atoms with van der Waals surface area (Å²) in [5.41, 5.74) is -0.274. The molecule has 0 saturated carbocycles. The Kier molecular flexibility index (Phi) is 4.07. The number of nitrogens with zero attached hydrogens (tertiary/aromatic N) is 1. The molecule has 106 valence electrons. The molecule has 20 heavy (non-hydrogen) atoms. The van der Waals surface area contributed by atoms with Crippen LogP contribution in [0.3, 0.4) is 0 Å². The Morgan fingerprint density at radius 2 is 2.10 bits per heavy atom. The summed E-state index contributed by atoms with van der Waals surface area (Å²) in [7, 11) is 0. The summed E-state index contributed by atoms with van der Waals surface area (Å²) >= 11 is 1.58. The number of anilines is 1. The molecule has 2 N–H and O–H groups in total. The fourth-order valence-electron chi connectivity index (χ4n) is 2.02. The molecule has 1 aliphatic heterocycles. The number of carbonyl (C=O) groups is 1. The molecule has 1 aliphatic rings. The maximum absolute atomic E-state index is 12.0. The van der Waals surface area contributed by atoms with Crippen molar-refractivity contribution in [3.8, 4) is 6.07 Å². The van der Waals surface area contributed by atoms with Crippen LogP contribution in [-0.2, 0) is 10.2 Å². The van der Waals surface area contributed by atoms with Crippen LogP contribution in [0.25, 0.3) is 0 Å². The highest BCUT2D eigenvalue weighted by molar-refractivity contribution is 7.99. The molecule has 2 rings (SSSR count). The Morgan fingerprint density at radius 1 is 1.45 bits per heavy atom. The number of hydrogen-bond donors (Lipinski definition) is 2. The number of amides is 1. The Balaban J connectivity index is 2.08. The third-order valence-corrected chi connectivity index (χ3v) is 4.74. The predicted octanol–water partition coefficient (Wildman–Crippen LogP) is 2.29. The van der Waals surface area contributed by atoms with Crippen molar-refractivity contribution in [3.63, 3.8) is 0 Å². The molecular formula is C15H18N2O2S. The van der Waals surface area contributed by atoms with Gasteiger partial charge in [-0.15, -0.1) is 0 Å². The number of rotatable bonds is 3. The number of aliphatic hydroxyl groups is 1. The minimum absolute atomic E-state index is 0.352. The molecule has 0 bridgehead atoms. The average molecular weight is 290 g/mol. The van der Waals surface area contributed by atoms with Crippen molar-refractivity contribution in [2.45, 2.75) is 31.3 Å². The summed E-state index contributed by atoms with van der Waals surface area (Å²) in [6, 6.07) is 9.41. The standard InChI is InChI=1S/C15H18N2O2S/c1-14(2,9-16)11-3-5-12(6-4-11)17-13(18)15(19)7-8-20-10-15/h3-6,19H,7-8,10H2,1-2H3,(H,17,18). The monoisotopic (exact) mass is 290 g/mol. The second-order valence-electron chi connectivity index (χ2n) is 5.60. The molecule has 0 spiro atoms. The van der Waals surface area contributed by atoms with E-state index >= 15 is 0 Å². The van der Waals surface area contributed by atoms with E-state index in [1.54, 1.807) is 23.9 Å². The quantitative estimate of drug-likeness (QED) is 0.896. The SMILES string of the molecule is CC(C)(C#N)c1ccc(NC(=O)C2(O)CCSC2)cc1. The number of hydrogen-bond acceptors (Lipinski definition) is 4. The van der Waals surface area contributed by atoms with E-state index in [2.05, 4.69) is 11.4 Å². The molecule has 4 nitrogen and oxygen atoms in total. The molecular weight excluding hydrogens is 272 g/mol.